The fourth-order valence-electron chi connectivity index (χ4n) is 7.68. The van der Waals surface area contributed by atoms with Crippen molar-refractivity contribution in [2.45, 2.75) is 27.7 Å². The van der Waals surface area contributed by atoms with E-state index in [4.69, 9.17) is 5.73 Å². The van der Waals surface area contributed by atoms with Crippen LogP contribution in [0, 0.1) is 0 Å². The number of nitrogens with two attached hydrogens (primary N) is 1. The lowest BCUT2D eigenvalue weighted by molar-refractivity contribution is 0.910. The van der Waals surface area contributed by atoms with E-state index < -0.39 is 0 Å². The Morgan fingerprint density at radius 2 is 1.08 bits per heavy atom. The van der Waals surface area contributed by atoms with Gasteiger partial charge in [-0.2, -0.15) is 0 Å². The van der Waals surface area contributed by atoms with Gasteiger partial charge >= 0.3 is 0 Å². The van der Waals surface area contributed by atoms with E-state index in [-0.39, 0.29) is 0 Å². The largest absolute Gasteiger partial charge is 0.405 e. The first kappa shape index (κ1) is 54.0. The number of para-hydroxylation sites is 1. The Morgan fingerprint density at radius 3 is 1.71 bits per heavy atom. The molecule has 3 N–H and O–H groups in total. The smallest absolute Gasteiger partial charge is 0.0541 e. The summed E-state index contributed by atoms with van der Waals surface area (Å²) < 4.78 is 2.36. The summed E-state index contributed by atoms with van der Waals surface area (Å²) in [6, 6.07) is 44.9. The van der Waals surface area contributed by atoms with Crippen molar-refractivity contribution in [3.05, 3.63) is 333 Å². The summed E-state index contributed by atoms with van der Waals surface area (Å²) in [5.74, 6) is 0. The van der Waals surface area contributed by atoms with Crippen LogP contribution in [0.2, 0.25) is 0 Å². The molecule has 72 heavy (non-hydrogen) atoms. The molecule has 1 heterocycles. The minimum absolute atomic E-state index is 0.736. The first-order valence-electron chi connectivity index (χ1n) is 24.3. The van der Waals surface area contributed by atoms with Crippen LogP contribution in [0.4, 0.5) is 0 Å². The van der Waals surface area contributed by atoms with Crippen molar-refractivity contribution in [3.63, 3.8) is 0 Å². The van der Waals surface area contributed by atoms with E-state index in [9.17, 15) is 0 Å². The normalized spacial score (nSPS) is 13.3. The molecule has 6 rings (SSSR count). The van der Waals surface area contributed by atoms with Gasteiger partial charge in [0.1, 0.15) is 0 Å². The summed E-state index contributed by atoms with van der Waals surface area (Å²) in [6.07, 6.45) is 46.4. The van der Waals surface area contributed by atoms with Gasteiger partial charge in [0, 0.05) is 28.7 Å². The second-order valence-corrected chi connectivity index (χ2v) is 16.6. The number of aromatic nitrogens is 1. The highest BCUT2D eigenvalue weighted by Gasteiger charge is 2.14. The molecule has 5 aromatic carbocycles. The van der Waals surface area contributed by atoms with Crippen LogP contribution in [0.3, 0.4) is 0 Å². The lowest BCUT2D eigenvalue weighted by atomic mass is 9.98. The Morgan fingerprint density at radius 1 is 0.514 bits per heavy atom. The number of hydrogen-bond acceptors (Lipinski definition) is 2. The zero-order valence-corrected chi connectivity index (χ0v) is 42.5. The molecule has 0 atom stereocenters. The molecule has 0 radical (unpaired) electrons. The molecule has 0 aliphatic rings. The number of allylic oxidation sites excluding steroid dienone is 28. The molecule has 0 saturated carbocycles. The first-order valence-corrected chi connectivity index (χ1v) is 24.3. The zero-order valence-electron chi connectivity index (χ0n) is 42.5. The van der Waals surface area contributed by atoms with Crippen LogP contribution in [-0.4, -0.2) is 11.1 Å². The molecule has 0 bridgehead atoms. The number of nitrogens with one attached hydrogen (secondary N) is 1. The Hall–Kier alpha value is -8.92. The molecule has 0 unspecified atom stereocenters. The molecular formula is C69H69N3. The summed E-state index contributed by atoms with van der Waals surface area (Å²) >= 11 is 0. The number of hydrogen-bond donors (Lipinski definition) is 2. The molecule has 0 saturated heterocycles. The van der Waals surface area contributed by atoms with Gasteiger partial charge in [-0.3, -0.25) is 0 Å². The van der Waals surface area contributed by atoms with Gasteiger partial charge in [0.25, 0.3) is 0 Å². The van der Waals surface area contributed by atoms with Gasteiger partial charge in [0.15, 0.2) is 0 Å². The predicted octanol–water partition coefficient (Wildman–Crippen LogP) is 18.1. The minimum Gasteiger partial charge on any atom is -0.405 e. The van der Waals surface area contributed by atoms with E-state index in [0.717, 1.165) is 84.7 Å². The summed E-state index contributed by atoms with van der Waals surface area (Å²) in [7, 11) is 0. The SMILES string of the molecule is C=C/C=C(\C=C(/C)C(=C)/C=C\C=C/CNC(=C)C)c1ccc2c(c1)c1ccccc1n2-c1ccc(C(/C=C/C=C/C=C(\C=C/N)c2ccccc2)=C/C=C\C(=C/C=C/C)c2ccccc2)cc1.C=C/C=C\C. The van der Waals surface area contributed by atoms with E-state index in [1.54, 1.807) is 12.3 Å². The monoisotopic (exact) mass is 940 g/mol. The third-order valence-corrected chi connectivity index (χ3v) is 11.3. The van der Waals surface area contributed by atoms with Crippen molar-refractivity contribution in [3.8, 4) is 5.69 Å². The van der Waals surface area contributed by atoms with Crippen LogP contribution in [0.1, 0.15) is 49.9 Å². The molecule has 0 spiro atoms. The number of nitrogens with zero attached hydrogens (tertiary/aromatic N) is 1. The average Bonchev–Trinajstić information content (AvgIpc) is 3.74. The molecule has 0 aliphatic carbocycles. The van der Waals surface area contributed by atoms with Crippen molar-refractivity contribution >= 4 is 44.1 Å². The molecule has 3 heteroatoms. The van der Waals surface area contributed by atoms with E-state index in [2.05, 4.69) is 219 Å². The summed E-state index contributed by atoms with van der Waals surface area (Å²) in [5, 5.41) is 5.57. The van der Waals surface area contributed by atoms with E-state index >= 15 is 0 Å². The maximum absolute atomic E-state index is 5.81. The van der Waals surface area contributed by atoms with Crippen LogP contribution >= 0.6 is 0 Å². The molecule has 1 aromatic heterocycles. The van der Waals surface area contributed by atoms with Crippen LogP contribution in [0.5, 0.6) is 0 Å². The van der Waals surface area contributed by atoms with Crippen molar-refractivity contribution in [1.29, 1.82) is 0 Å². The van der Waals surface area contributed by atoms with Gasteiger partial charge in [-0.05, 0) is 126 Å². The standard InChI is InChI=1S/C64H61N3.C5H8/c1-7-9-27-52(53-28-15-10-16-29-53)34-24-35-55(32-19-12-20-33-56(44-45-65)54-30-17-11-18-31-54)57-38-41-60(42-39-57)67-63-37-22-21-36-61(63)62-48-59(40-43-64(62)67)58(25-8-2)47-51(6)50(5)26-14-13-23-46-66-49(3)4;1-3-5-4-2/h7-45,47-48,66H,2-3,5,46,65H2,1,4,6H3;3-5H,1H2,2H3/b9-7+,20-12+,23-13-,26-14-,32-19+,34-24-,45-44-,51-47+,52-27+,55-35+,56-33+,58-25+;5-4-. The van der Waals surface area contributed by atoms with Gasteiger partial charge in [-0.25, -0.2) is 0 Å². The highest BCUT2D eigenvalue weighted by Crippen LogP contribution is 2.35. The average molecular weight is 940 g/mol. The Labute approximate surface area is 430 Å². The highest BCUT2D eigenvalue weighted by atomic mass is 15.0. The summed E-state index contributed by atoms with van der Waals surface area (Å²) in [4.78, 5) is 0. The fraction of sp³-hybridized carbons (Fsp3) is 0.0725. The molecule has 360 valence electrons. The zero-order chi connectivity index (χ0) is 51.3. The number of rotatable bonds is 21. The minimum atomic E-state index is 0.736. The van der Waals surface area contributed by atoms with E-state index in [1.807, 2.05) is 99.7 Å². The van der Waals surface area contributed by atoms with Crippen LogP contribution in [0.25, 0.3) is 49.8 Å². The predicted molar refractivity (Wildman–Crippen MR) is 320 cm³/mol. The lowest BCUT2D eigenvalue weighted by Gasteiger charge is -2.11. The van der Waals surface area contributed by atoms with Gasteiger partial charge in [0.2, 0.25) is 0 Å². The van der Waals surface area contributed by atoms with Gasteiger partial charge < -0.3 is 15.6 Å². The second-order valence-electron chi connectivity index (χ2n) is 16.6. The quantitative estimate of drug-likeness (QED) is 0.0706. The maximum atomic E-state index is 5.81. The van der Waals surface area contributed by atoms with Gasteiger partial charge in [-0.1, -0.05) is 251 Å². The summed E-state index contributed by atoms with van der Waals surface area (Å²) in [6.45, 7) is 24.5. The van der Waals surface area contributed by atoms with Crippen molar-refractivity contribution in [2.24, 2.45) is 5.73 Å². The molecule has 0 aliphatic heterocycles. The number of benzene rings is 5. The van der Waals surface area contributed by atoms with Crippen LogP contribution in [0.15, 0.2) is 310 Å². The fourth-order valence-corrected chi connectivity index (χ4v) is 7.68. The molecule has 0 amide bonds. The van der Waals surface area contributed by atoms with Crippen LogP contribution in [-0.2, 0) is 0 Å². The molecule has 3 nitrogen and oxygen atoms in total. The molecule has 0 fully saturated rings. The topological polar surface area (TPSA) is 43.0 Å². The summed E-state index contributed by atoms with van der Waals surface area (Å²) in [5.41, 5.74) is 20.9. The molecular weight excluding hydrogens is 871 g/mol. The first-order chi connectivity index (χ1) is 35.2. The van der Waals surface area contributed by atoms with Gasteiger partial charge in [0.05, 0.1) is 11.0 Å². The maximum Gasteiger partial charge on any atom is 0.0541 e. The van der Waals surface area contributed by atoms with Crippen molar-refractivity contribution < 1.29 is 0 Å². The van der Waals surface area contributed by atoms with Crippen molar-refractivity contribution in [2.75, 3.05) is 6.54 Å². The molecule has 6 aromatic rings. The third kappa shape index (κ3) is 16.4. The van der Waals surface area contributed by atoms with E-state index in [0.29, 0.717) is 0 Å². The second kappa shape index (κ2) is 29.9. The number of fused-ring (bicyclic) bond motifs is 3. The Bertz CT molecular complexity index is 3190. The van der Waals surface area contributed by atoms with Crippen LogP contribution < -0.4 is 11.1 Å². The highest BCUT2D eigenvalue weighted by molar-refractivity contribution is 6.10. The Balaban J connectivity index is 0.00000183. The lowest BCUT2D eigenvalue weighted by Crippen LogP contribution is -2.08. The Kier molecular flexibility index (Phi) is 22.4. The van der Waals surface area contributed by atoms with E-state index in [1.165, 1.54) is 10.8 Å². The van der Waals surface area contributed by atoms with Crippen molar-refractivity contribution in [1.82, 2.24) is 9.88 Å². The third-order valence-electron chi connectivity index (χ3n) is 11.3. The van der Waals surface area contributed by atoms with Gasteiger partial charge in [-0.15, -0.1) is 0 Å².